The number of nitrogens with zero attached hydrogens (tertiary/aromatic N) is 2. The van der Waals surface area contributed by atoms with Crippen LogP contribution in [0.25, 0.3) is 6.08 Å². The molecule has 192 valence electrons. The van der Waals surface area contributed by atoms with Crippen molar-refractivity contribution in [3.05, 3.63) is 88.5 Å². The Kier molecular flexibility index (Phi) is 14.7. The Labute approximate surface area is 216 Å². The minimum Gasteiger partial charge on any atom is -0.321 e. The Balaban J connectivity index is 0.000000574. The first kappa shape index (κ1) is 30.4. The van der Waals surface area contributed by atoms with E-state index in [1.165, 1.54) is 43.6 Å². The van der Waals surface area contributed by atoms with Gasteiger partial charge in [0.05, 0.1) is 12.2 Å². The molecule has 0 radical (unpaired) electrons. The van der Waals surface area contributed by atoms with Gasteiger partial charge in [-0.1, -0.05) is 31.5 Å². The maximum Gasteiger partial charge on any atom is 0.123 e. The number of aryl methyl sites for hydroxylation is 1. The second-order valence-electron chi connectivity index (χ2n) is 8.41. The lowest BCUT2D eigenvalue weighted by atomic mass is 10.0. The fourth-order valence-electron chi connectivity index (χ4n) is 3.72. The van der Waals surface area contributed by atoms with E-state index in [1.54, 1.807) is 13.1 Å². The summed E-state index contributed by atoms with van der Waals surface area (Å²) in [6.45, 7) is 17.4. The van der Waals surface area contributed by atoms with E-state index in [2.05, 4.69) is 61.8 Å². The first-order valence-electron chi connectivity index (χ1n) is 12.2. The molecule has 1 aromatic heterocycles. The quantitative estimate of drug-likeness (QED) is 0.233. The number of rotatable bonds is 7. The van der Waals surface area contributed by atoms with Crippen molar-refractivity contribution in [2.45, 2.75) is 53.5 Å². The molecule has 2 N–H and O–H groups in total. The molecule has 0 aliphatic carbocycles. The van der Waals surface area contributed by atoms with Crippen LogP contribution in [0.5, 0.6) is 0 Å². The fourth-order valence-corrected chi connectivity index (χ4v) is 3.90. The fraction of sp³-hybridized carbons (Fsp3) is 0.414. The van der Waals surface area contributed by atoms with Crippen LogP contribution in [-0.2, 0) is 6.54 Å². The number of halogens is 2. The van der Waals surface area contributed by atoms with Crippen molar-refractivity contribution in [2.75, 3.05) is 25.6 Å². The molecule has 35 heavy (non-hydrogen) atoms. The molecule has 6 heteroatoms. The first-order valence-corrected chi connectivity index (χ1v) is 12.6. The van der Waals surface area contributed by atoms with Crippen LogP contribution in [0.1, 0.15) is 56.9 Å². The second-order valence-corrected chi connectivity index (χ2v) is 8.82. The summed E-state index contributed by atoms with van der Waals surface area (Å²) in [4.78, 5) is 4.14. The highest BCUT2D eigenvalue weighted by Gasteiger charge is 2.08. The Morgan fingerprint density at radius 1 is 1.29 bits per heavy atom. The van der Waals surface area contributed by atoms with Gasteiger partial charge in [0.2, 0.25) is 0 Å². The van der Waals surface area contributed by atoms with Crippen LogP contribution < -0.4 is 10.7 Å². The number of hydrogen-bond donors (Lipinski definition) is 2. The predicted molar refractivity (Wildman–Crippen MR) is 153 cm³/mol. The predicted octanol–water partition coefficient (Wildman–Crippen LogP) is 7.58. The third-order valence-electron chi connectivity index (χ3n) is 5.85. The number of piperidine rings is 1. The smallest absolute Gasteiger partial charge is 0.123 e. The zero-order valence-corrected chi connectivity index (χ0v) is 22.8. The van der Waals surface area contributed by atoms with E-state index in [1.807, 2.05) is 30.1 Å². The summed E-state index contributed by atoms with van der Waals surface area (Å²) >= 11 is 6.16. The molecule has 2 heterocycles. The Bertz CT molecular complexity index is 985. The molecular formula is C29H42ClFN4. The minimum atomic E-state index is -0.292. The molecule has 1 aromatic carbocycles. The molecule has 0 bridgehead atoms. The summed E-state index contributed by atoms with van der Waals surface area (Å²) in [5.41, 5.74) is 8.54. The Hall–Kier alpha value is -2.63. The van der Waals surface area contributed by atoms with Gasteiger partial charge in [-0.05, 0) is 105 Å². The van der Waals surface area contributed by atoms with Crippen molar-refractivity contribution in [2.24, 2.45) is 10.9 Å². The van der Waals surface area contributed by atoms with Gasteiger partial charge in [-0.2, -0.15) is 0 Å². The molecule has 1 saturated heterocycles. The molecule has 0 spiro atoms. The second kappa shape index (κ2) is 16.9. The molecule has 0 unspecified atom stereocenters. The van der Waals surface area contributed by atoms with Crippen LogP contribution in [0.3, 0.4) is 0 Å². The van der Waals surface area contributed by atoms with Crippen LogP contribution in [0.2, 0.25) is 5.02 Å². The number of allylic oxidation sites excluding steroid dienone is 3. The lowest BCUT2D eigenvalue weighted by Gasteiger charge is -2.17. The van der Waals surface area contributed by atoms with Crippen molar-refractivity contribution in [1.29, 1.82) is 0 Å². The van der Waals surface area contributed by atoms with E-state index in [0.29, 0.717) is 11.6 Å². The van der Waals surface area contributed by atoms with Crippen LogP contribution in [0, 0.1) is 18.7 Å². The van der Waals surface area contributed by atoms with Crippen molar-refractivity contribution in [3.63, 3.8) is 0 Å². The zero-order valence-electron chi connectivity index (χ0n) is 22.0. The number of nitrogens with one attached hydrogen (secondary N) is 2. The van der Waals surface area contributed by atoms with Crippen LogP contribution in [0.4, 0.5) is 4.39 Å². The van der Waals surface area contributed by atoms with Gasteiger partial charge in [0.1, 0.15) is 5.82 Å². The number of aromatic nitrogens is 1. The molecule has 1 aliphatic heterocycles. The lowest BCUT2D eigenvalue weighted by molar-refractivity contribution is 0.402. The van der Waals surface area contributed by atoms with E-state index in [9.17, 15) is 4.39 Å². The van der Waals surface area contributed by atoms with Crippen LogP contribution in [0.15, 0.2) is 65.8 Å². The number of hydrogen-bond acceptors (Lipinski definition) is 3. The maximum atomic E-state index is 13.5. The van der Waals surface area contributed by atoms with E-state index in [4.69, 9.17) is 11.6 Å². The molecule has 4 nitrogen and oxygen atoms in total. The number of benzene rings is 1. The van der Waals surface area contributed by atoms with Crippen LogP contribution in [-0.4, -0.2) is 31.0 Å². The van der Waals surface area contributed by atoms with Gasteiger partial charge in [0, 0.05) is 24.5 Å². The molecule has 1 fully saturated rings. The third kappa shape index (κ3) is 10.3. The maximum absolute atomic E-state index is 13.5. The summed E-state index contributed by atoms with van der Waals surface area (Å²) in [6.07, 6.45) is 11.7. The Morgan fingerprint density at radius 2 is 1.97 bits per heavy atom. The third-order valence-corrected chi connectivity index (χ3v) is 6.22. The highest BCUT2D eigenvalue weighted by Crippen LogP contribution is 2.21. The molecule has 1 aliphatic rings. The van der Waals surface area contributed by atoms with Crippen LogP contribution >= 0.6 is 11.6 Å². The molecule has 0 atom stereocenters. The van der Waals surface area contributed by atoms with E-state index in [-0.39, 0.29) is 5.82 Å². The average molecular weight is 501 g/mol. The van der Waals surface area contributed by atoms with Crippen molar-refractivity contribution in [3.8, 4) is 0 Å². The molecule has 3 rings (SSSR count). The SMILES string of the molecule is C/C=C(C=NC)/C(=C/c1c(C)ccn1NCc1cc(F)ccc1Cl)CC.C=C.CC1CCNCC1. The molecule has 0 saturated carbocycles. The Morgan fingerprint density at radius 3 is 2.51 bits per heavy atom. The average Bonchev–Trinajstić information content (AvgIpc) is 3.22. The van der Waals surface area contributed by atoms with Gasteiger partial charge in [-0.3, -0.25) is 9.67 Å². The van der Waals surface area contributed by atoms with Gasteiger partial charge in [0.15, 0.2) is 0 Å². The zero-order chi connectivity index (χ0) is 26.2. The van der Waals surface area contributed by atoms with Gasteiger partial charge >= 0.3 is 0 Å². The lowest BCUT2D eigenvalue weighted by Crippen LogP contribution is -2.26. The van der Waals surface area contributed by atoms with Gasteiger partial charge in [0.25, 0.3) is 0 Å². The summed E-state index contributed by atoms with van der Waals surface area (Å²) in [5.74, 6) is 0.682. The van der Waals surface area contributed by atoms with E-state index < -0.39 is 0 Å². The van der Waals surface area contributed by atoms with E-state index >= 15 is 0 Å². The normalized spacial score (nSPS) is 14.7. The molecular weight excluding hydrogens is 459 g/mol. The number of aliphatic imine (C=N–C) groups is 1. The highest BCUT2D eigenvalue weighted by atomic mass is 35.5. The summed E-state index contributed by atoms with van der Waals surface area (Å²) in [6, 6.07) is 6.44. The van der Waals surface area contributed by atoms with E-state index in [0.717, 1.165) is 34.7 Å². The topological polar surface area (TPSA) is 41.4 Å². The largest absolute Gasteiger partial charge is 0.321 e. The minimum absolute atomic E-state index is 0.292. The standard InChI is InChI=1S/C21H25ClFN3.C6H13N.C2H4/c1-5-16(17(6-2)13-24-4)12-21-15(3)9-10-26(21)25-14-18-11-19(23)7-8-20(18)22;1-6-2-4-7-5-3-6;1-2/h6-13,25H,5,14H2,1-4H3;6-7H,2-5H2,1H3;1-2H2/b16-12+,17-6+,24-13?;;. The van der Waals surface area contributed by atoms with Crippen molar-refractivity contribution in [1.82, 2.24) is 9.99 Å². The van der Waals surface area contributed by atoms with Crippen molar-refractivity contribution < 1.29 is 4.39 Å². The van der Waals surface area contributed by atoms with Gasteiger partial charge in [-0.25, -0.2) is 4.39 Å². The van der Waals surface area contributed by atoms with Crippen molar-refractivity contribution >= 4 is 23.9 Å². The molecule has 0 amide bonds. The highest BCUT2D eigenvalue weighted by molar-refractivity contribution is 6.31. The summed E-state index contributed by atoms with van der Waals surface area (Å²) < 4.78 is 15.4. The molecule has 2 aromatic rings. The summed E-state index contributed by atoms with van der Waals surface area (Å²) in [7, 11) is 1.77. The monoisotopic (exact) mass is 500 g/mol. The van der Waals surface area contributed by atoms with Gasteiger partial charge in [-0.15, -0.1) is 13.2 Å². The van der Waals surface area contributed by atoms with Gasteiger partial charge < -0.3 is 10.7 Å². The first-order chi connectivity index (χ1) is 16.9. The summed E-state index contributed by atoms with van der Waals surface area (Å²) in [5, 5.41) is 3.86.